The molecule has 0 heterocycles. The van der Waals surface area contributed by atoms with Gasteiger partial charge in [-0.2, -0.15) is 0 Å². The highest BCUT2D eigenvalue weighted by molar-refractivity contribution is 5.38. The predicted molar refractivity (Wildman–Crippen MR) is 70.1 cm³/mol. The standard InChI is InChI=1S/C14H23NO2/c1-4-12(15)14(17)8-10(3)11-7-9(2)5-6-13(11)16/h5-7,10,12,14,16-17H,4,8,15H2,1-3H3. The maximum absolute atomic E-state index is 9.90. The first-order valence-corrected chi connectivity index (χ1v) is 6.18. The van der Waals surface area contributed by atoms with Crippen LogP contribution in [-0.2, 0) is 0 Å². The molecule has 1 aromatic carbocycles. The first-order chi connectivity index (χ1) is 7.95. The van der Waals surface area contributed by atoms with Gasteiger partial charge in [0.2, 0.25) is 0 Å². The van der Waals surface area contributed by atoms with E-state index in [1.165, 1.54) is 0 Å². The van der Waals surface area contributed by atoms with Crippen LogP contribution in [0.3, 0.4) is 0 Å². The van der Waals surface area contributed by atoms with E-state index in [0.29, 0.717) is 12.2 Å². The Kier molecular flexibility index (Phi) is 4.97. The lowest BCUT2D eigenvalue weighted by atomic mass is 9.90. The van der Waals surface area contributed by atoms with Crippen molar-refractivity contribution in [1.82, 2.24) is 0 Å². The summed E-state index contributed by atoms with van der Waals surface area (Å²) in [4.78, 5) is 0. The van der Waals surface area contributed by atoms with E-state index in [0.717, 1.165) is 17.5 Å². The van der Waals surface area contributed by atoms with E-state index < -0.39 is 6.10 Å². The normalized spacial score (nSPS) is 16.5. The molecule has 3 nitrogen and oxygen atoms in total. The van der Waals surface area contributed by atoms with Crippen molar-refractivity contribution in [3.63, 3.8) is 0 Å². The number of phenolic OH excluding ortho intramolecular Hbond substituents is 1. The van der Waals surface area contributed by atoms with Crippen LogP contribution in [0.1, 0.15) is 43.7 Å². The topological polar surface area (TPSA) is 66.5 Å². The Balaban J connectivity index is 2.75. The van der Waals surface area contributed by atoms with Crippen molar-refractivity contribution >= 4 is 0 Å². The Morgan fingerprint density at radius 1 is 1.35 bits per heavy atom. The lowest BCUT2D eigenvalue weighted by molar-refractivity contribution is 0.126. The van der Waals surface area contributed by atoms with E-state index in [2.05, 4.69) is 0 Å². The molecule has 0 saturated heterocycles. The molecule has 0 aliphatic carbocycles. The average molecular weight is 237 g/mol. The van der Waals surface area contributed by atoms with Gasteiger partial charge in [0.1, 0.15) is 5.75 Å². The summed E-state index contributed by atoms with van der Waals surface area (Å²) in [5, 5.41) is 19.7. The van der Waals surface area contributed by atoms with E-state index in [4.69, 9.17) is 5.73 Å². The summed E-state index contributed by atoms with van der Waals surface area (Å²) in [6.45, 7) is 5.95. The average Bonchev–Trinajstić information content (AvgIpc) is 2.30. The fourth-order valence-corrected chi connectivity index (χ4v) is 2.00. The molecular weight excluding hydrogens is 214 g/mol. The number of aromatic hydroxyl groups is 1. The fraction of sp³-hybridized carbons (Fsp3) is 0.571. The molecule has 3 heteroatoms. The molecule has 96 valence electrons. The molecule has 3 atom stereocenters. The molecule has 1 rings (SSSR count). The first-order valence-electron chi connectivity index (χ1n) is 6.18. The van der Waals surface area contributed by atoms with Crippen LogP contribution in [0.5, 0.6) is 5.75 Å². The van der Waals surface area contributed by atoms with Crippen LogP contribution in [0.15, 0.2) is 18.2 Å². The maximum atomic E-state index is 9.90. The summed E-state index contributed by atoms with van der Waals surface area (Å²) in [6, 6.07) is 5.35. The van der Waals surface area contributed by atoms with Gasteiger partial charge in [0.05, 0.1) is 6.10 Å². The van der Waals surface area contributed by atoms with E-state index in [1.54, 1.807) is 6.07 Å². The third-order valence-corrected chi connectivity index (χ3v) is 3.27. The van der Waals surface area contributed by atoms with Gasteiger partial charge in [0.25, 0.3) is 0 Å². The molecule has 0 spiro atoms. The van der Waals surface area contributed by atoms with Crippen molar-refractivity contribution in [2.45, 2.75) is 51.7 Å². The van der Waals surface area contributed by atoms with Crippen molar-refractivity contribution in [3.05, 3.63) is 29.3 Å². The van der Waals surface area contributed by atoms with Gasteiger partial charge < -0.3 is 15.9 Å². The minimum atomic E-state index is -0.519. The molecule has 1 aromatic rings. The van der Waals surface area contributed by atoms with Gasteiger partial charge >= 0.3 is 0 Å². The molecule has 0 aliphatic rings. The van der Waals surface area contributed by atoms with E-state index in [1.807, 2.05) is 32.9 Å². The van der Waals surface area contributed by atoms with Crippen LogP contribution < -0.4 is 5.73 Å². The molecule has 0 fully saturated rings. The van der Waals surface area contributed by atoms with Crippen LogP contribution in [0, 0.1) is 6.92 Å². The number of hydrogen-bond acceptors (Lipinski definition) is 3. The molecule has 3 unspecified atom stereocenters. The predicted octanol–water partition coefficient (Wildman–Crippen LogP) is 2.29. The number of aliphatic hydroxyl groups is 1. The Morgan fingerprint density at radius 2 is 2.00 bits per heavy atom. The fourth-order valence-electron chi connectivity index (χ4n) is 2.00. The van der Waals surface area contributed by atoms with Crippen LogP contribution in [0.2, 0.25) is 0 Å². The van der Waals surface area contributed by atoms with Gasteiger partial charge in [0.15, 0.2) is 0 Å². The Labute approximate surface area is 103 Å². The molecule has 0 aromatic heterocycles. The second kappa shape index (κ2) is 6.03. The lowest BCUT2D eigenvalue weighted by Gasteiger charge is -2.22. The van der Waals surface area contributed by atoms with Crippen molar-refractivity contribution in [3.8, 4) is 5.75 Å². The molecule has 0 bridgehead atoms. The summed E-state index contributed by atoms with van der Waals surface area (Å²) in [7, 11) is 0. The number of aliphatic hydroxyl groups excluding tert-OH is 1. The van der Waals surface area contributed by atoms with Gasteiger partial charge in [-0.05, 0) is 37.3 Å². The first kappa shape index (κ1) is 14.0. The van der Waals surface area contributed by atoms with Crippen LogP contribution in [-0.4, -0.2) is 22.4 Å². The molecule has 0 radical (unpaired) electrons. The Morgan fingerprint density at radius 3 is 2.59 bits per heavy atom. The lowest BCUT2D eigenvalue weighted by Crippen LogP contribution is -2.34. The number of hydrogen-bond donors (Lipinski definition) is 3. The second-order valence-corrected chi connectivity index (χ2v) is 4.84. The summed E-state index contributed by atoms with van der Waals surface area (Å²) in [5.74, 6) is 0.392. The molecule has 0 saturated carbocycles. The number of rotatable bonds is 5. The van der Waals surface area contributed by atoms with Crippen LogP contribution in [0.25, 0.3) is 0 Å². The smallest absolute Gasteiger partial charge is 0.119 e. The van der Waals surface area contributed by atoms with Gasteiger partial charge in [-0.1, -0.05) is 31.5 Å². The Bertz CT molecular complexity index is 365. The van der Waals surface area contributed by atoms with Gasteiger partial charge in [0, 0.05) is 6.04 Å². The van der Waals surface area contributed by atoms with Gasteiger partial charge in [-0.25, -0.2) is 0 Å². The molecule has 0 amide bonds. The summed E-state index contributed by atoms with van der Waals surface area (Å²) in [5.41, 5.74) is 7.79. The number of aryl methyl sites for hydroxylation is 1. The summed E-state index contributed by atoms with van der Waals surface area (Å²) < 4.78 is 0. The minimum Gasteiger partial charge on any atom is -0.508 e. The highest BCUT2D eigenvalue weighted by atomic mass is 16.3. The Hall–Kier alpha value is -1.06. The van der Waals surface area contributed by atoms with E-state index >= 15 is 0 Å². The maximum Gasteiger partial charge on any atom is 0.119 e. The van der Waals surface area contributed by atoms with Crippen LogP contribution >= 0.6 is 0 Å². The zero-order valence-electron chi connectivity index (χ0n) is 10.9. The van der Waals surface area contributed by atoms with Crippen molar-refractivity contribution in [2.24, 2.45) is 5.73 Å². The molecule has 0 aliphatic heterocycles. The molecular formula is C14H23NO2. The highest BCUT2D eigenvalue weighted by Gasteiger charge is 2.19. The summed E-state index contributed by atoms with van der Waals surface area (Å²) in [6.07, 6.45) is 0.814. The number of nitrogens with two attached hydrogens (primary N) is 1. The number of phenols is 1. The van der Waals surface area contributed by atoms with Crippen LogP contribution in [0.4, 0.5) is 0 Å². The quantitative estimate of drug-likeness (QED) is 0.736. The summed E-state index contributed by atoms with van der Waals surface area (Å²) >= 11 is 0. The largest absolute Gasteiger partial charge is 0.508 e. The third-order valence-electron chi connectivity index (χ3n) is 3.27. The van der Waals surface area contributed by atoms with Gasteiger partial charge in [-0.15, -0.1) is 0 Å². The van der Waals surface area contributed by atoms with Gasteiger partial charge in [-0.3, -0.25) is 0 Å². The zero-order valence-corrected chi connectivity index (χ0v) is 10.9. The highest BCUT2D eigenvalue weighted by Crippen LogP contribution is 2.30. The van der Waals surface area contributed by atoms with E-state index in [-0.39, 0.29) is 12.0 Å². The monoisotopic (exact) mass is 237 g/mol. The SMILES string of the molecule is CCC(N)C(O)CC(C)c1cc(C)ccc1O. The third kappa shape index (κ3) is 3.72. The minimum absolute atomic E-state index is 0.0995. The number of benzene rings is 1. The van der Waals surface area contributed by atoms with Crippen molar-refractivity contribution < 1.29 is 10.2 Å². The zero-order chi connectivity index (χ0) is 13.0. The van der Waals surface area contributed by atoms with E-state index in [9.17, 15) is 10.2 Å². The van der Waals surface area contributed by atoms with Crippen molar-refractivity contribution in [1.29, 1.82) is 0 Å². The second-order valence-electron chi connectivity index (χ2n) is 4.84. The molecule has 4 N–H and O–H groups in total. The van der Waals surface area contributed by atoms with Crippen molar-refractivity contribution in [2.75, 3.05) is 0 Å². The molecule has 17 heavy (non-hydrogen) atoms.